The Morgan fingerprint density at radius 2 is 2.06 bits per heavy atom. The maximum atomic E-state index is 12.0. The van der Waals surface area contributed by atoms with Crippen LogP contribution in [0.1, 0.15) is 35.2 Å². The maximum Gasteiger partial charge on any atom is 0.261 e. The van der Waals surface area contributed by atoms with Crippen LogP contribution in [0.3, 0.4) is 0 Å². The van der Waals surface area contributed by atoms with Gasteiger partial charge in [-0.3, -0.25) is 4.79 Å². The highest BCUT2D eigenvalue weighted by molar-refractivity contribution is 8.13. The molecule has 6 heteroatoms. The molecule has 1 fully saturated rings. The maximum absolute atomic E-state index is 12.0. The SMILES string of the molecule is Cc1ccc(S(=O)(=O)Cl)cc1C(=O)NC1CCC1. The minimum Gasteiger partial charge on any atom is -0.349 e. The average molecular weight is 288 g/mol. The smallest absolute Gasteiger partial charge is 0.261 e. The second-order valence-electron chi connectivity index (χ2n) is 4.52. The minimum atomic E-state index is -3.80. The van der Waals surface area contributed by atoms with Crippen molar-refractivity contribution in [3.63, 3.8) is 0 Å². The Bertz CT molecular complexity index is 579. The molecule has 0 saturated heterocycles. The third kappa shape index (κ3) is 2.84. The van der Waals surface area contributed by atoms with Crippen molar-refractivity contribution in [2.75, 3.05) is 0 Å². The van der Waals surface area contributed by atoms with Gasteiger partial charge in [-0.1, -0.05) is 6.07 Å². The summed E-state index contributed by atoms with van der Waals surface area (Å²) in [5, 5.41) is 2.88. The lowest BCUT2D eigenvalue weighted by Gasteiger charge is -2.26. The fraction of sp³-hybridized carbons (Fsp3) is 0.417. The largest absolute Gasteiger partial charge is 0.349 e. The molecule has 1 amide bonds. The van der Waals surface area contributed by atoms with Crippen LogP contribution in [0, 0.1) is 6.92 Å². The molecule has 0 bridgehead atoms. The molecule has 1 N–H and O–H groups in total. The first-order valence-electron chi connectivity index (χ1n) is 5.74. The third-order valence-electron chi connectivity index (χ3n) is 3.18. The third-order valence-corrected chi connectivity index (χ3v) is 4.53. The molecule has 0 aliphatic heterocycles. The van der Waals surface area contributed by atoms with E-state index in [9.17, 15) is 13.2 Å². The van der Waals surface area contributed by atoms with Gasteiger partial charge in [0.25, 0.3) is 15.0 Å². The van der Waals surface area contributed by atoms with Gasteiger partial charge in [0.15, 0.2) is 0 Å². The summed E-state index contributed by atoms with van der Waals surface area (Å²) in [5.74, 6) is -0.237. The molecule has 0 unspecified atom stereocenters. The lowest BCUT2D eigenvalue weighted by atomic mass is 9.92. The lowest BCUT2D eigenvalue weighted by molar-refractivity contribution is 0.0916. The molecule has 4 nitrogen and oxygen atoms in total. The highest BCUT2D eigenvalue weighted by Crippen LogP contribution is 2.21. The van der Waals surface area contributed by atoms with E-state index in [4.69, 9.17) is 10.7 Å². The van der Waals surface area contributed by atoms with Crippen molar-refractivity contribution < 1.29 is 13.2 Å². The van der Waals surface area contributed by atoms with Crippen LogP contribution < -0.4 is 5.32 Å². The number of aryl methyl sites for hydroxylation is 1. The molecule has 1 saturated carbocycles. The number of rotatable bonds is 3. The number of amides is 1. The number of benzene rings is 1. The van der Waals surface area contributed by atoms with E-state index in [0.717, 1.165) is 24.8 Å². The quantitative estimate of drug-likeness (QED) is 0.867. The van der Waals surface area contributed by atoms with Crippen LogP contribution in [-0.2, 0) is 9.05 Å². The number of hydrogen-bond acceptors (Lipinski definition) is 3. The number of hydrogen-bond donors (Lipinski definition) is 1. The van der Waals surface area contributed by atoms with Gasteiger partial charge in [0, 0.05) is 22.3 Å². The van der Waals surface area contributed by atoms with Gasteiger partial charge in [0.05, 0.1) is 4.90 Å². The van der Waals surface area contributed by atoms with Crippen LogP contribution in [0.5, 0.6) is 0 Å². The predicted molar refractivity (Wildman–Crippen MR) is 69.3 cm³/mol. The van der Waals surface area contributed by atoms with Gasteiger partial charge in [0.2, 0.25) is 0 Å². The van der Waals surface area contributed by atoms with Gasteiger partial charge in [-0.05, 0) is 43.9 Å². The number of nitrogens with one attached hydrogen (secondary N) is 1. The van der Waals surface area contributed by atoms with Gasteiger partial charge < -0.3 is 5.32 Å². The second-order valence-corrected chi connectivity index (χ2v) is 7.08. The summed E-state index contributed by atoms with van der Waals surface area (Å²) in [7, 11) is 1.47. The molecular formula is C12H14ClNO3S. The zero-order valence-corrected chi connectivity index (χ0v) is 11.5. The molecule has 0 heterocycles. The Labute approximate surface area is 111 Å². The van der Waals surface area contributed by atoms with Crippen molar-refractivity contribution >= 4 is 25.6 Å². The number of carbonyl (C=O) groups is 1. The molecule has 1 aromatic carbocycles. The molecular weight excluding hydrogens is 274 g/mol. The Kier molecular flexibility index (Phi) is 3.64. The van der Waals surface area contributed by atoms with Crippen LogP contribution in [-0.4, -0.2) is 20.4 Å². The first-order valence-corrected chi connectivity index (χ1v) is 8.05. The highest BCUT2D eigenvalue weighted by atomic mass is 35.7. The van der Waals surface area contributed by atoms with E-state index in [2.05, 4.69) is 5.32 Å². The predicted octanol–water partition coefficient (Wildman–Crippen LogP) is 2.20. The van der Waals surface area contributed by atoms with Gasteiger partial charge >= 0.3 is 0 Å². The van der Waals surface area contributed by atoms with E-state index < -0.39 is 9.05 Å². The zero-order chi connectivity index (χ0) is 13.3. The molecule has 1 aliphatic rings. The molecule has 0 atom stereocenters. The Balaban J connectivity index is 2.28. The Morgan fingerprint density at radius 3 is 2.56 bits per heavy atom. The van der Waals surface area contributed by atoms with E-state index in [0.29, 0.717) is 5.56 Å². The zero-order valence-electron chi connectivity index (χ0n) is 9.94. The summed E-state index contributed by atoms with van der Waals surface area (Å²) < 4.78 is 22.5. The van der Waals surface area contributed by atoms with Crippen LogP contribution >= 0.6 is 10.7 Å². The first-order chi connectivity index (χ1) is 8.38. The van der Waals surface area contributed by atoms with Gasteiger partial charge in [-0.2, -0.15) is 0 Å². The Morgan fingerprint density at radius 1 is 1.39 bits per heavy atom. The Hall–Kier alpha value is -1.07. The monoisotopic (exact) mass is 287 g/mol. The molecule has 1 aromatic rings. The second kappa shape index (κ2) is 4.90. The molecule has 2 rings (SSSR count). The van der Waals surface area contributed by atoms with Crippen molar-refractivity contribution in [1.82, 2.24) is 5.32 Å². The van der Waals surface area contributed by atoms with E-state index in [1.165, 1.54) is 12.1 Å². The van der Waals surface area contributed by atoms with E-state index in [1.807, 2.05) is 0 Å². The summed E-state index contributed by atoms with van der Waals surface area (Å²) >= 11 is 0. The lowest BCUT2D eigenvalue weighted by Crippen LogP contribution is -2.39. The standard InChI is InChI=1S/C12H14ClNO3S/c1-8-5-6-10(18(13,16)17)7-11(8)12(15)14-9-3-2-4-9/h5-7,9H,2-4H2,1H3,(H,14,15). The molecule has 0 spiro atoms. The van der Waals surface area contributed by atoms with Crippen LogP contribution in [0.25, 0.3) is 0 Å². The molecule has 0 radical (unpaired) electrons. The number of halogens is 1. The van der Waals surface area contributed by atoms with E-state index in [-0.39, 0.29) is 16.8 Å². The first kappa shape index (κ1) is 13.4. The summed E-state index contributed by atoms with van der Waals surface area (Å²) in [6.45, 7) is 1.76. The van der Waals surface area contributed by atoms with Crippen molar-refractivity contribution in [1.29, 1.82) is 0 Å². The van der Waals surface area contributed by atoms with Crippen molar-refractivity contribution in [2.24, 2.45) is 0 Å². The van der Waals surface area contributed by atoms with E-state index in [1.54, 1.807) is 13.0 Å². The fourth-order valence-corrected chi connectivity index (χ4v) is 2.59. The summed E-state index contributed by atoms with van der Waals surface area (Å²) in [5.41, 5.74) is 1.10. The molecule has 1 aliphatic carbocycles. The van der Waals surface area contributed by atoms with Crippen molar-refractivity contribution in [3.8, 4) is 0 Å². The highest BCUT2D eigenvalue weighted by Gasteiger charge is 2.22. The topological polar surface area (TPSA) is 63.2 Å². The summed E-state index contributed by atoms with van der Waals surface area (Å²) in [6, 6.07) is 4.53. The van der Waals surface area contributed by atoms with Crippen LogP contribution in [0.4, 0.5) is 0 Å². The van der Waals surface area contributed by atoms with E-state index >= 15 is 0 Å². The fourth-order valence-electron chi connectivity index (χ4n) is 1.81. The summed E-state index contributed by atoms with van der Waals surface area (Å²) in [4.78, 5) is 12.0. The normalized spacial score (nSPS) is 16.1. The van der Waals surface area contributed by atoms with Gasteiger partial charge in [-0.25, -0.2) is 8.42 Å². The molecule has 0 aromatic heterocycles. The molecule has 98 valence electrons. The van der Waals surface area contributed by atoms with Gasteiger partial charge in [0.1, 0.15) is 0 Å². The van der Waals surface area contributed by atoms with Crippen molar-refractivity contribution in [2.45, 2.75) is 37.1 Å². The minimum absolute atomic E-state index is 0.0477. The summed E-state index contributed by atoms with van der Waals surface area (Å²) in [6.07, 6.45) is 3.09. The average Bonchev–Trinajstić information content (AvgIpc) is 2.22. The van der Waals surface area contributed by atoms with Gasteiger partial charge in [-0.15, -0.1) is 0 Å². The van der Waals surface area contributed by atoms with Crippen LogP contribution in [0.2, 0.25) is 0 Å². The van der Waals surface area contributed by atoms with Crippen molar-refractivity contribution in [3.05, 3.63) is 29.3 Å². The van der Waals surface area contributed by atoms with Crippen LogP contribution in [0.15, 0.2) is 23.1 Å². The molecule has 18 heavy (non-hydrogen) atoms. The number of carbonyl (C=O) groups excluding carboxylic acids is 1.